The van der Waals surface area contributed by atoms with Crippen molar-refractivity contribution in [1.29, 1.82) is 0 Å². The van der Waals surface area contributed by atoms with E-state index < -0.39 is 0 Å². The fourth-order valence-electron chi connectivity index (χ4n) is 2.41. The van der Waals surface area contributed by atoms with Crippen molar-refractivity contribution < 1.29 is 4.74 Å². The standard InChI is InChI=1S/C14H18Cl2O/c15-10-13(9-11-5-7-17-8-6-11)12-1-3-14(16)4-2-12/h1-4,11,13H,5-10H2. The average molecular weight is 273 g/mol. The summed E-state index contributed by atoms with van der Waals surface area (Å²) in [5.41, 5.74) is 1.30. The predicted octanol–water partition coefficient (Wildman–Crippen LogP) is 4.48. The Morgan fingerprint density at radius 1 is 1.18 bits per heavy atom. The molecular formula is C14H18Cl2O. The molecule has 1 heterocycles. The molecule has 0 spiro atoms. The maximum Gasteiger partial charge on any atom is 0.0468 e. The van der Waals surface area contributed by atoms with Gasteiger partial charge in [-0.15, -0.1) is 11.6 Å². The van der Waals surface area contributed by atoms with Crippen LogP contribution >= 0.6 is 23.2 Å². The van der Waals surface area contributed by atoms with Gasteiger partial charge in [-0.2, -0.15) is 0 Å². The number of halogens is 2. The van der Waals surface area contributed by atoms with E-state index in [4.69, 9.17) is 27.9 Å². The largest absolute Gasteiger partial charge is 0.381 e. The molecule has 1 aromatic carbocycles. The SMILES string of the molecule is ClCC(CC1CCOCC1)c1ccc(Cl)cc1. The molecule has 2 rings (SSSR count). The minimum absolute atomic E-state index is 0.442. The Kier molecular flexibility index (Phi) is 5.15. The molecule has 3 heteroatoms. The highest BCUT2D eigenvalue weighted by Gasteiger charge is 2.19. The normalized spacial score (nSPS) is 19.2. The Hall–Kier alpha value is -0.240. The molecule has 1 fully saturated rings. The summed E-state index contributed by atoms with van der Waals surface area (Å²) >= 11 is 12.0. The highest BCUT2D eigenvalue weighted by Crippen LogP contribution is 2.30. The van der Waals surface area contributed by atoms with Crippen molar-refractivity contribution in [3.63, 3.8) is 0 Å². The first-order chi connectivity index (χ1) is 8.29. The minimum atomic E-state index is 0.442. The van der Waals surface area contributed by atoms with E-state index in [0.717, 1.165) is 30.6 Å². The van der Waals surface area contributed by atoms with Gasteiger partial charge in [0.2, 0.25) is 0 Å². The monoisotopic (exact) mass is 272 g/mol. The van der Waals surface area contributed by atoms with Crippen LogP contribution in [0.1, 0.15) is 30.7 Å². The topological polar surface area (TPSA) is 9.23 Å². The lowest BCUT2D eigenvalue weighted by Crippen LogP contribution is -2.18. The van der Waals surface area contributed by atoms with Gasteiger partial charge >= 0.3 is 0 Å². The van der Waals surface area contributed by atoms with Gasteiger partial charge in [0.25, 0.3) is 0 Å². The third-order valence-corrected chi connectivity index (χ3v) is 4.11. The summed E-state index contributed by atoms with van der Waals surface area (Å²) < 4.78 is 5.39. The van der Waals surface area contributed by atoms with Gasteiger partial charge in [0.05, 0.1) is 0 Å². The summed E-state index contributed by atoms with van der Waals surface area (Å²) in [5, 5.41) is 0.785. The van der Waals surface area contributed by atoms with E-state index in [-0.39, 0.29) is 0 Å². The molecule has 0 saturated carbocycles. The highest BCUT2D eigenvalue weighted by molar-refractivity contribution is 6.30. The molecule has 1 saturated heterocycles. The molecule has 0 aromatic heterocycles. The summed E-state index contributed by atoms with van der Waals surface area (Å²) in [6.07, 6.45) is 3.50. The van der Waals surface area contributed by atoms with Crippen molar-refractivity contribution in [1.82, 2.24) is 0 Å². The highest BCUT2D eigenvalue weighted by atomic mass is 35.5. The molecule has 17 heavy (non-hydrogen) atoms. The molecule has 1 aromatic rings. The van der Waals surface area contributed by atoms with Gasteiger partial charge in [0, 0.05) is 24.1 Å². The zero-order valence-electron chi connectivity index (χ0n) is 9.87. The lowest BCUT2D eigenvalue weighted by Gasteiger charge is -2.26. The molecule has 94 valence electrons. The summed E-state index contributed by atoms with van der Waals surface area (Å²) in [4.78, 5) is 0. The summed E-state index contributed by atoms with van der Waals surface area (Å²) in [6.45, 7) is 1.81. The molecule has 1 aliphatic rings. The molecule has 1 atom stereocenters. The van der Waals surface area contributed by atoms with E-state index in [0.29, 0.717) is 11.8 Å². The zero-order chi connectivity index (χ0) is 12.1. The van der Waals surface area contributed by atoms with Crippen molar-refractivity contribution in [2.24, 2.45) is 5.92 Å². The van der Waals surface area contributed by atoms with Gasteiger partial charge in [-0.1, -0.05) is 23.7 Å². The first-order valence-corrected chi connectivity index (χ1v) is 7.10. The van der Waals surface area contributed by atoms with Crippen LogP contribution in [0.3, 0.4) is 0 Å². The fourth-order valence-corrected chi connectivity index (χ4v) is 2.84. The van der Waals surface area contributed by atoms with Gasteiger partial charge < -0.3 is 4.74 Å². The predicted molar refractivity (Wildman–Crippen MR) is 73.1 cm³/mol. The van der Waals surface area contributed by atoms with Crippen LogP contribution in [-0.2, 0) is 4.74 Å². The second-order valence-electron chi connectivity index (χ2n) is 4.69. The van der Waals surface area contributed by atoms with Crippen LogP contribution in [0.2, 0.25) is 5.02 Å². The first kappa shape index (κ1) is 13.2. The molecule has 0 bridgehead atoms. The van der Waals surface area contributed by atoms with Gasteiger partial charge in [0.1, 0.15) is 0 Å². The third-order valence-electron chi connectivity index (χ3n) is 3.49. The second-order valence-corrected chi connectivity index (χ2v) is 5.44. The van der Waals surface area contributed by atoms with Gasteiger partial charge in [0.15, 0.2) is 0 Å². The van der Waals surface area contributed by atoms with Crippen LogP contribution in [0.25, 0.3) is 0 Å². The van der Waals surface area contributed by atoms with Gasteiger partial charge in [-0.3, -0.25) is 0 Å². The number of hydrogen-bond donors (Lipinski definition) is 0. The number of alkyl halides is 1. The van der Waals surface area contributed by atoms with E-state index in [1.54, 1.807) is 0 Å². The molecule has 0 radical (unpaired) electrons. The molecule has 0 N–H and O–H groups in total. The third kappa shape index (κ3) is 3.87. The number of ether oxygens (including phenoxy) is 1. The summed E-state index contributed by atoms with van der Waals surface area (Å²) in [6, 6.07) is 8.07. The molecular weight excluding hydrogens is 255 g/mol. The van der Waals surface area contributed by atoms with Crippen molar-refractivity contribution >= 4 is 23.2 Å². The van der Waals surface area contributed by atoms with E-state index >= 15 is 0 Å². The van der Waals surface area contributed by atoms with Crippen molar-refractivity contribution in [3.05, 3.63) is 34.9 Å². The van der Waals surface area contributed by atoms with Crippen LogP contribution in [0.4, 0.5) is 0 Å². The summed E-state index contributed by atoms with van der Waals surface area (Å²) in [5.74, 6) is 1.87. The molecule has 0 aliphatic carbocycles. The lowest BCUT2D eigenvalue weighted by molar-refractivity contribution is 0.0622. The van der Waals surface area contributed by atoms with Gasteiger partial charge in [-0.05, 0) is 48.8 Å². The van der Waals surface area contributed by atoms with E-state index in [1.807, 2.05) is 12.1 Å². The summed E-state index contributed by atoms with van der Waals surface area (Å²) in [7, 11) is 0. The number of rotatable bonds is 4. The fraction of sp³-hybridized carbons (Fsp3) is 0.571. The molecule has 1 unspecified atom stereocenters. The Morgan fingerprint density at radius 2 is 1.82 bits per heavy atom. The Bertz CT molecular complexity index is 331. The van der Waals surface area contributed by atoms with Crippen LogP contribution in [-0.4, -0.2) is 19.1 Å². The van der Waals surface area contributed by atoms with E-state index in [1.165, 1.54) is 18.4 Å². The average Bonchev–Trinajstić information content (AvgIpc) is 2.38. The van der Waals surface area contributed by atoms with Crippen molar-refractivity contribution in [2.75, 3.05) is 19.1 Å². The molecule has 1 nitrogen and oxygen atoms in total. The number of benzene rings is 1. The maximum atomic E-state index is 6.10. The van der Waals surface area contributed by atoms with Crippen molar-refractivity contribution in [2.45, 2.75) is 25.2 Å². The van der Waals surface area contributed by atoms with Crippen LogP contribution < -0.4 is 0 Å². The minimum Gasteiger partial charge on any atom is -0.381 e. The Balaban J connectivity index is 1.97. The second kappa shape index (κ2) is 6.63. The van der Waals surface area contributed by atoms with Gasteiger partial charge in [-0.25, -0.2) is 0 Å². The van der Waals surface area contributed by atoms with Crippen LogP contribution in [0.15, 0.2) is 24.3 Å². The van der Waals surface area contributed by atoms with Crippen LogP contribution in [0, 0.1) is 5.92 Å². The van der Waals surface area contributed by atoms with E-state index in [9.17, 15) is 0 Å². The molecule has 0 amide bonds. The van der Waals surface area contributed by atoms with Crippen LogP contribution in [0.5, 0.6) is 0 Å². The maximum absolute atomic E-state index is 6.10. The van der Waals surface area contributed by atoms with E-state index in [2.05, 4.69) is 12.1 Å². The molecule has 1 aliphatic heterocycles. The Labute approximate surface area is 113 Å². The van der Waals surface area contributed by atoms with Crippen molar-refractivity contribution in [3.8, 4) is 0 Å². The first-order valence-electron chi connectivity index (χ1n) is 6.18. The Morgan fingerprint density at radius 3 is 2.41 bits per heavy atom. The zero-order valence-corrected chi connectivity index (χ0v) is 11.4. The smallest absolute Gasteiger partial charge is 0.0468 e. The number of hydrogen-bond acceptors (Lipinski definition) is 1. The lowest BCUT2D eigenvalue weighted by atomic mass is 9.86. The quantitative estimate of drug-likeness (QED) is 0.735.